The van der Waals surface area contributed by atoms with Crippen molar-refractivity contribution in [2.24, 2.45) is 0 Å². The Morgan fingerprint density at radius 3 is 2.23 bits per heavy atom. The van der Waals surface area contributed by atoms with Gasteiger partial charge in [-0.25, -0.2) is 0 Å². The third kappa shape index (κ3) is 4.52. The van der Waals surface area contributed by atoms with Gasteiger partial charge in [0, 0.05) is 0 Å². The van der Waals surface area contributed by atoms with Crippen molar-refractivity contribution in [2.45, 2.75) is 39.0 Å². The summed E-state index contributed by atoms with van der Waals surface area (Å²) in [5, 5.41) is 0. The molecule has 2 aromatic rings. The molecule has 1 unspecified atom stereocenters. The molecule has 2 aromatic carbocycles. The highest BCUT2D eigenvalue weighted by Gasteiger charge is 2.07. The minimum absolute atomic E-state index is 0.449. The highest BCUT2D eigenvalue weighted by atomic mass is 16.5. The molecule has 22 heavy (non-hydrogen) atoms. The van der Waals surface area contributed by atoms with E-state index in [1.165, 1.54) is 11.1 Å². The molecule has 0 spiro atoms. The number of hydrogen-bond acceptors (Lipinski definition) is 2. The molecule has 0 fully saturated rings. The van der Waals surface area contributed by atoms with Gasteiger partial charge in [-0.1, -0.05) is 45.0 Å². The van der Waals surface area contributed by atoms with Gasteiger partial charge in [-0.3, -0.25) is 0 Å². The Morgan fingerprint density at radius 2 is 1.59 bits per heavy atom. The summed E-state index contributed by atoms with van der Waals surface area (Å²) >= 11 is 0. The van der Waals surface area contributed by atoms with Gasteiger partial charge >= 0.3 is 0 Å². The first-order valence-electron chi connectivity index (χ1n) is 7.97. The van der Waals surface area contributed by atoms with Crippen molar-refractivity contribution in [2.75, 3.05) is 13.7 Å². The monoisotopic (exact) mass is 298 g/mol. The van der Waals surface area contributed by atoms with Crippen LogP contribution in [0.5, 0.6) is 11.5 Å². The minimum Gasteiger partial charge on any atom is -0.497 e. The standard InChI is InChI=1S/C20H26O2/c1-15(2)17-8-10-19(11-9-17)22-13-12-16(3)18-6-5-7-20(14-18)21-4/h5-11,14-16H,12-13H2,1-4H3. The van der Waals surface area contributed by atoms with Crippen LogP contribution in [0.2, 0.25) is 0 Å². The second kappa shape index (κ2) is 7.88. The third-order valence-electron chi connectivity index (χ3n) is 4.03. The molecular formula is C20H26O2. The maximum Gasteiger partial charge on any atom is 0.119 e. The van der Waals surface area contributed by atoms with Crippen LogP contribution < -0.4 is 9.47 Å². The van der Waals surface area contributed by atoms with Gasteiger partial charge in [0.15, 0.2) is 0 Å². The van der Waals surface area contributed by atoms with E-state index in [0.29, 0.717) is 11.8 Å². The molecule has 0 amide bonds. The van der Waals surface area contributed by atoms with Crippen molar-refractivity contribution in [3.8, 4) is 11.5 Å². The van der Waals surface area contributed by atoms with Gasteiger partial charge in [0.2, 0.25) is 0 Å². The lowest BCUT2D eigenvalue weighted by Gasteiger charge is -2.14. The average Bonchev–Trinajstić information content (AvgIpc) is 2.55. The number of benzene rings is 2. The molecule has 0 N–H and O–H groups in total. The van der Waals surface area contributed by atoms with Gasteiger partial charge in [-0.05, 0) is 53.6 Å². The fourth-order valence-electron chi connectivity index (χ4n) is 2.42. The van der Waals surface area contributed by atoms with Crippen LogP contribution in [0.4, 0.5) is 0 Å². The Morgan fingerprint density at radius 1 is 0.864 bits per heavy atom. The van der Waals surface area contributed by atoms with Crippen molar-refractivity contribution >= 4 is 0 Å². The topological polar surface area (TPSA) is 18.5 Å². The number of hydrogen-bond donors (Lipinski definition) is 0. The zero-order valence-corrected chi connectivity index (χ0v) is 14.0. The summed E-state index contributed by atoms with van der Waals surface area (Å²) in [5.41, 5.74) is 2.63. The Bertz CT molecular complexity index is 573. The van der Waals surface area contributed by atoms with Crippen LogP contribution in [0.3, 0.4) is 0 Å². The zero-order chi connectivity index (χ0) is 15.9. The summed E-state index contributed by atoms with van der Waals surface area (Å²) in [5.74, 6) is 2.86. The minimum atomic E-state index is 0.449. The van der Waals surface area contributed by atoms with Crippen LogP contribution in [-0.2, 0) is 0 Å². The van der Waals surface area contributed by atoms with E-state index in [2.05, 4.69) is 57.2 Å². The quantitative estimate of drug-likeness (QED) is 0.682. The van der Waals surface area contributed by atoms with E-state index in [1.54, 1.807) is 7.11 Å². The first-order valence-corrected chi connectivity index (χ1v) is 7.97. The SMILES string of the molecule is COc1cccc(C(C)CCOc2ccc(C(C)C)cc2)c1. The molecule has 0 aliphatic rings. The summed E-state index contributed by atoms with van der Waals surface area (Å²) in [6.07, 6.45) is 0.985. The molecule has 1 atom stereocenters. The Labute approximate surface area is 134 Å². The lowest BCUT2D eigenvalue weighted by atomic mass is 9.98. The molecule has 0 bridgehead atoms. The van der Waals surface area contributed by atoms with Gasteiger partial charge in [-0.15, -0.1) is 0 Å². The largest absolute Gasteiger partial charge is 0.497 e. The summed E-state index contributed by atoms with van der Waals surface area (Å²) in [7, 11) is 1.70. The van der Waals surface area contributed by atoms with Crippen LogP contribution >= 0.6 is 0 Å². The second-order valence-electron chi connectivity index (χ2n) is 6.04. The molecule has 0 aromatic heterocycles. The highest BCUT2D eigenvalue weighted by Crippen LogP contribution is 2.24. The van der Waals surface area contributed by atoms with E-state index in [4.69, 9.17) is 9.47 Å². The Hall–Kier alpha value is -1.96. The smallest absolute Gasteiger partial charge is 0.119 e. The van der Waals surface area contributed by atoms with E-state index in [-0.39, 0.29) is 0 Å². The van der Waals surface area contributed by atoms with Crippen molar-refractivity contribution in [3.05, 3.63) is 59.7 Å². The number of rotatable bonds is 7. The zero-order valence-electron chi connectivity index (χ0n) is 14.0. The first kappa shape index (κ1) is 16.4. The molecule has 0 aliphatic carbocycles. The molecule has 0 aliphatic heterocycles. The molecule has 0 saturated heterocycles. The normalized spacial score (nSPS) is 12.2. The average molecular weight is 298 g/mol. The van der Waals surface area contributed by atoms with E-state index < -0.39 is 0 Å². The molecule has 2 nitrogen and oxygen atoms in total. The summed E-state index contributed by atoms with van der Waals surface area (Å²) in [4.78, 5) is 0. The van der Waals surface area contributed by atoms with Gasteiger partial charge in [-0.2, -0.15) is 0 Å². The van der Waals surface area contributed by atoms with Crippen molar-refractivity contribution in [1.29, 1.82) is 0 Å². The van der Waals surface area contributed by atoms with Crippen LogP contribution in [0.1, 0.15) is 50.2 Å². The third-order valence-corrected chi connectivity index (χ3v) is 4.03. The fraction of sp³-hybridized carbons (Fsp3) is 0.400. The molecule has 118 valence electrons. The lowest BCUT2D eigenvalue weighted by Crippen LogP contribution is -2.03. The summed E-state index contributed by atoms with van der Waals surface area (Å²) in [6.45, 7) is 7.34. The molecule has 2 heteroatoms. The van der Waals surface area contributed by atoms with Gasteiger partial charge in [0.1, 0.15) is 11.5 Å². The van der Waals surface area contributed by atoms with Gasteiger partial charge < -0.3 is 9.47 Å². The predicted molar refractivity (Wildman–Crippen MR) is 92.1 cm³/mol. The summed E-state index contributed by atoms with van der Waals surface area (Å²) < 4.78 is 11.1. The van der Waals surface area contributed by atoms with Crippen molar-refractivity contribution < 1.29 is 9.47 Å². The van der Waals surface area contributed by atoms with E-state index >= 15 is 0 Å². The molecule has 0 heterocycles. The number of methoxy groups -OCH3 is 1. The fourth-order valence-corrected chi connectivity index (χ4v) is 2.42. The molecule has 0 radical (unpaired) electrons. The predicted octanol–water partition coefficient (Wildman–Crippen LogP) is 5.39. The molecular weight excluding hydrogens is 272 g/mol. The van der Waals surface area contributed by atoms with E-state index in [0.717, 1.165) is 24.5 Å². The van der Waals surface area contributed by atoms with Crippen LogP contribution in [-0.4, -0.2) is 13.7 Å². The van der Waals surface area contributed by atoms with Gasteiger partial charge in [0.05, 0.1) is 13.7 Å². The van der Waals surface area contributed by atoms with E-state index in [1.807, 2.05) is 12.1 Å². The second-order valence-corrected chi connectivity index (χ2v) is 6.04. The molecule has 2 rings (SSSR count). The summed E-state index contributed by atoms with van der Waals surface area (Å²) in [6, 6.07) is 16.7. The van der Waals surface area contributed by atoms with Crippen LogP contribution in [0.15, 0.2) is 48.5 Å². The molecule has 0 saturated carbocycles. The Balaban J connectivity index is 1.84. The number of ether oxygens (including phenoxy) is 2. The lowest BCUT2D eigenvalue weighted by molar-refractivity contribution is 0.300. The maximum absolute atomic E-state index is 5.86. The first-order chi connectivity index (χ1) is 10.6. The van der Waals surface area contributed by atoms with Crippen molar-refractivity contribution in [1.82, 2.24) is 0 Å². The van der Waals surface area contributed by atoms with E-state index in [9.17, 15) is 0 Å². The van der Waals surface area contributed by atoms with Crippen LogP contribution in [0.25, 0.3) is 0 Å². The highest BCUT2D eigenvalue weighted by molar-refractivity contribution is 5.31. The van der Waals surface area contributed by atoms with Crippen LogP contribution in [0, 0.1) is 0 Å². The van der Waals surface area contributed by atoms with Crippen molar-refractivity contribution in [3.63, 3.8) is 0 Å². The van der Waals surface area contributed by atoms with Gasteiger partial charge in [0.25, 0.3) is 0 Å². The Kier molecular flexibility index (Phi) is 5.88. The maximum atomic E-state index is 5.86.